The quantitative estimate of drug-likeness (QED) is 0.678. The Balaban J connectivity index is 1.44. The van der Waals surface area contributed by atoms with Crippen molar-refractivity contribution in [1.82, 2.24) is 24.6 Å². The highest BCUT2D eigenvalue weighted by atomic mass is 35.5. The van der Waals surface area contributed by atoms with Crippen molar-refractivity contribution in [2.45, 2.75) is 38.5 Å². The van der Waals surface area contributed by atoms with E-state index in [0.29, 0.717) is 36.5 Å². The molecule has 1 unspecified atom stereocenters. The van der Waals surface area contributed by atoms with Gasteiger partial charge in [0.05, 0.1) is 18.0 Å². The number of H-pyrrole nitrogens is 1. The van der Waals surface area contributed by atoms with E-state index in [1.54, 1.807) is 10.9 Å². The summed E-state index contributed by atoms with van der Waals surface area (Å²) in [6, 6.07) is 1.82. The van der Waals surface area contributed by atoms with E-state index in [1.807, 2.05) is 16.8 Å². The number of nitrogens with one attached hydrogen (secondary N) is 2. The van der Waals surface area contributed by atoms with E-state index >= 15 is 0 Å². The number of halogens is 3. The third kappa shape index (κ3) is 4.06. The topological polar surface area (TPSA) is 67.6 Å². The van der Waals surface area contributed by atoms with Crippen LogP contribution >= 0.6 is 23.8 Å². The highest BCUT2D eigenvalue weighted by Crippen LogP contribution is 2.40. The number of imidazole rings is 1. The molecule has 29 heavy (non-hydrogen) atoms. The van der Waals surface area contributed by atoms with Gasteiger partial charge in [-0.3, -0.25) is 9.48 Å². The molecule has 3 heterocycles. The summed E-state index contributed by atoms with van der Waals surface area (Å²) in [6.07, 6.45) is 4.09. The molecule has 6 nitrogen and oxygen atoms in total. The summed E-state index contributed by atoms with van der Waals surface area (Å²) in [6.45, 7) is 1.40. The molecule has 0 bridgehead atoms. The molecule has 0 saturated heterocycles. The van der Waals surface area contributed by atoms with Crippen LogP contribution in [-0.4, -0.2) is 38.0 Å². The zero-order valence-corrected chi connectivity index (χ0v) is 17.1. The summed E-state index contributed by atoms with van der Waals surface area (Å²) in [5.41, 5.74) is 1.61. The van der Waals surface area contributed by atoms with Gasteiger partial charge in [-0.05, 0) is 24.7 Å². The third-order valence-corrected chi connectivity index (χ3v) is 5.97. The molecule has 2 N–H and O–H groups in total. The van der Waals surface area contributed by atoms with Crippen LogP contribution in [0.5, 0.6) is 0 Å². The number of hydrogen-bond donors (Lipinski definition) is 2. The number of alkyl halides is 1. The Labute approximate surface area is 176 Å². The van der Waals surface area contributed by atoms with Crippen LogP contribution in [0.1, 0.15) is 17.8 Å². The van der Waals surface area contributed by atoms with Crippen LogP contribution in [0, 0.1) is 10.7 Å². The molecule has 154 valence electrons. The van der Waals surface area contributed by atoms with E-state index < -0.39 is 12.0 Å². The summed E-state index contributed by atoms with van der Waals surface area (Å²) in [5, 5.41) is 6.89. The molecule has 2 aromatic rings. The SMILES string of the molecule is O=C(Cc1[nH]c(=S)n2c1C[C@@H](C1=C(F)C(Cl)=CCC1F)C2)NCCn1cccn1. The number of allylic oxidation sites excluding steroid dienone is 4. The first-order valence-electron chi connectivity index (χ1n) is 9.38. The van der Waals surface area contributed by atoms with Crippen molar-refractivity contribution in [1.29, 1.82) is 0 Å². The lowest BCUT2D eigenvalue weighted by molar-refractivity contribution is -0.120. The summed E-state index contributed by atoms with van der Waals surface area (Å²) in [4.78, 5) is 15.4. The molecular formula is C19H20ClF2N5OS. The average molecular weight is 440 g/mol. The number of fused-ring (bicyclic) bond motifs is 1. The molecule has 0 aromatic carbocycles. The van der Waals surface area contributed by atoms with Gasteiger partial charge in [0, 0.05) is 54.8 Å². The van der Waals surface area contributed by atoms with Crippen LogP contribution in [0.4, 0.5) is 8.78 Å². The highest BCUT2D eigenvalue weighted by molar-refractivity contribution is 7.71. The number of nitrogens with zero attached hydrogens (tertiary/aromatic N) is 3. The van der Waals surface area contributed by atoms with Crippen LogP contribution in [-0.2, 0) is 30.7 Å². The Morgan fingerprint density at radius 1 is 1.48 bits per heavy atom. The predicted molar refractivity (Wildman–Crippen MR) is 107 cm³/mol. The van der Waals surface area contributed by atoms with Gasteiger partial charge in [-0.2, -0.15) is 5.10 Å². The first kappa shape index (κ1) is 20.0. The number of rotatable bonds is 6. The van der Waals surface area contributed by atoms with Gasteiger partial charge in [-0.15, -0.1) is 0 Å². The summed E-state index contributed by atoms with van der Waals surface area (Å²) < 4.78 is 32.9. The Morgan fingerprint density at radius 2 is 2.31 bits per heavy atom. The van der Waals surface area contributed by atoms with Gasteiger partial charge in [0.25, 0.3) is 0 Å². The number of carbonyl (C=O) groups is 1. The maximum Gasteiger partial charge on any atom is 0.226 e. The average Bonchev–Trinajstić information content (AvgIpc) is 3.39. The van der Waals surface area contributed by atoms with Crippen LogP contribution in [0.25, 0.3) is 0 Å². The standard InChI is InChI=1S/C19H20ClF2N5OS/c20-12-2-3-13(21)17(18(12)22)11-8-15-14(25-19(29)27(15)10-11)9-16(28)23-5-7-26-6-1-4-24-26/h1-2,4,6,11,13H,3,5,7-10H2,(H,23,28)(H,25,29)/t11-,13?/m1/s1. The molecule has 1 aliphatic carbocycles. The molecule has 2 atom stereocenters. The second-order valence-electron chi connectivity index (χ2n) is 7.19. The highest BCUT2D eigenvalue weighted by Gasteiger charge is 2.36. The Hall–Kier alpha value is -2.26. The lowest BCUT2D eigenvalue weighted by Gasteiger charge is -2.22. The lowest BCUT2D eigenvalue weighted by atomic mass is 9.88. The summed E-state index contributed by atoms with van der Waals surface area (Å²) >= 11 is 11.2. The number of carbonyl (C=O) groups excluding carboxylic acids is 1. The minimum absolute atomic E-state index is 0.0348. The van der Waals surface area contributed by atoms with Crippen molar-refractivity contribution in [2.75, 3.05) is 6.54 Å². The van der Waals surface area contributed by atoms with Gasteiger partial charge in [-0.25, -0.2) is 8.78 Å². The van der Waals surface area contributed by atoms with Crippen molar-refractivity contribution in [2.24, 2.45) is 5.92 Å². The Kier molecular flexibility index (Phi) is 5.69. The predicted octanol–water partition coefficient (Wildman–Crippen LogP) is 3.36. The van der Waals surface area contributed by atoms with Crippen LogP contribution in [0.2, 0.25) is 0 Å². The molecule has 0 fully saturated rings. The second kappa shape index (κ2) is 8.23. The fourth-order valence-corrected chi connectivity index (χ4v) is 4.46. The summed E-state index contributed by atoms with van der Waals surface area (Å²) in [7, 11) is 0. The monoisotopic (exact) mass is 439 g/mol. The van der Waals surface area contributed by atoms with E-state index in [1.165, 1.54) is 6.08 Å². The first-order valence-corrected chi connectivity index (χ1v) is 10.2. The minimum atomic E-state index is -1.39. The maximum absolute atomic E-state index is 14.5. The lowest BCUT2D eigenvalue weighted by Crippen LogP contribution is -2.29. The smallest absolute Gasteiger partial charge is 0.226 e. The van der Waals surface area contributed by atoms with Crippen LogP contribution in [0.3, 0.4) is 0 Å². The van der Waals surface area contributed by atoms with Gasteiger partial charge in [0.2, 0.25) is 5.91 Å². The first-order chi connectivity index (χ1) is 13.9. The van der Waals surface area contributed by atoms with Crippen molar-refractivity contribution in [3.05, 3.63) is 57.1 Å². The zero-order valence-electron chi connectivity index (χ0n) is 15.5. The van der Waals surface area contributed by atoms with Gasteiger partial charge in [0.15, 0.2) is 4.77 Å². The fourth-order valence-electron chi connectivity index (χ4n) is 3.95. The molecule has 1 aliphatic heterocycles. The molecule has 2 aromatic heterocycles. The van der Waals surface area contributed by atoms with E-state index in [2.05, 4.69) is 15.4 Å². The summed E-state index contributed by atoms with van der Waals surface area (Å²) in [5.74, 6) is -1.19. The molecule has 1 amide bonds. The molecule has 0 spiro atoms. The number of aromatic nitrogens is 4. The third-order valence-electron chi connectivity index (χ3n) is 5.32. The number of aromatic amines is 1. The number of amides is 1. The van der Waals surface area contributed by atoms with Gasteiger partial charge >= 0.3 is 0 Å². The molecule has 4 rings (SSSR count). The van der Waals surface area contributed by atoms with Gasteiger partial charge < -0.3 is 14.9 Å². The molecule has 10 heteroatoms. The van der Waals surface area contributed by atoms with Crippen molar-refractivity contribution in [3.8, 4) is 0 Å². The Morgan fingerprint density at radius 3 is 3.07 bits per heavy atom. The fraction of sp³-hybridized carbons (Fsp3) is 0.421. The largest absolute Gasteiger partial charge is 0.354 e. The van der Waals surface area contributed by atoms with Crippen LogP contribution in [0.15, 0.2) is 41.0 Å². The van der Waals surface area contributed by atoms with Gasteiger partial charge in [0.1, 0.15) is 12.0 Å². The van der Waals surface area contributed by atoms with E-state index in [4.69, 9.17) is 23.8 Å². The number of hydrogen-bond acceptors (Lipinski definition) is 3. The second-order valence-corrected chi connectivity index (χ2v) is 7.98. The van der Waals surface area contributed by atoms with E-state index in [-0.39, 0.29) is 35.3 Å². The van der Waals surface area contributed by atoms with Crippen LogP contribution < -0.4 is 5.32 Å². The molecular weight excluding hydrogens is 420 g/mol. The molecule has 2 aliphatic rings. The van der Waals surface area contributed by atoms with Crippen molar-refractivity contribution in [3.63, 3.8) is 0 Å². The van der Waals surface area contributed by atoms with E-state index in [9.17, 15) is 13.6 Å². The van der Waals surface area contributed by atoms with Gasteiger partial charge in [-0.1, -0.05) is 17.7 Å². The molecule has 0 saturated carbocycles. The molecule has 0 radical (unpaired) electrons. The Bertz CT molecular complexity index is 1040. The van der Waals surface area contributed by atoms with E-state index in [0.717, 1.165) is 5.69 Å². The normalized spacial score (nSPS) is 21.3. The minimum Gasteiger partial charge on any atom is -0.354 e. The maximum atomic E-state index is 14.5. The zero-order chi connectivity index (χ0) is 20.5. The van der Waals surface area contributed by atoms with Crippen molar-refractivity contribution >= 4 is 29.7 Å². The van der Waals surface area contributed by atoms with Crippen molar-refractivity contribution < 1.29 is 13.6 Å².